The van der Waals surface area contributed by atoms with Gasteiger partial charge in [-0.25, -0.2) is 0 Å². The van der Waals surface area contributed by atoms with Crippen LogP contribution in [0.15, 0.2) is 89.3 Å². The third kappa shape index (κ3) is 3.38. The molecule has 0 saturated heterocycles. The molecular formula is C21H15NO3. The summed E-state index contributed by atoms with van der Waals surface area (Å²) < 4.78 is 11.3. The van der Waals surface area contributed by atoms with Gasteiger partial charge in [0.1, 0.15) is 17.1 Å². The lowest BCUT2D eigenvalue weighted by molar-refractivity contribution is 0.0998. The minimum Gasteiger partial charge on any atom is -0.457 e. The molecule has 3 aromatic carbocycles. The maximum absolute atomic E-state index is 12.3. The van der Waals surface area contributed by atoms with Gasteiger partial charge in [-0.2, -0.15) is 0 Å². The van der Waals surface area contributed by atoms with Gasteiger partial charge < -0.3 is 14.5 Å². The monoisotopic (exact) mass is 329 g/mol. The van der Waals surface area contributed by atoms with Crippen LogP contribution in [0.4, 0.5) is 5.69 Å². The van der Waals surface area contributed by atoms with Crippen molar-refractivity contribution in [1.82, 2.24) is 0 Å². The summed E-state index contributed by atoms with van der Waals surface area (Å²) in [6.07, 6.45) is 0. The van der Waals surface area contributed by atoms with Crippen LogP contribution in [0.2, 0.25) is 0 Å². The Morgan fingerprint density at radius 1 is 0.800 bits per heavy atom. The second kappa shape index (κ2) is 6.53. The zero-order valence-corrected chi connectivity index (χ0v) is 13.3. The fourth-order valence-electron chi connectivity index (χ4n) is 2.52. The lowest BCUT2D eigenvalue weighted by Gasteiger charge is -2.07. The number of fused-ring (bicyclic) bond motifs is 1. The molecule has 0 bridgehead atoms. The molecule has 0 atom stereocenters. The fraction of sp³-hybridized carbons (Fsp3) is 0. The predicted octanol–water partition coefficient (Wildman–Crippen LogP) is 5.48. The van der Waals surface area contributed by atoms with E-state index in [9.17, 15) is 4.79 Å². The topological polar surface area (TPSA) is 51.5 Å². The van der Waals surface area contributed by atoms with Crippen LogP contribution in [0, 0.1) is 0 Å². The van der Waals surface area contributed by atoms with E-state index in [2.05, 4.69) is 5.32 Å². The van der Waals surface area contributed by atoms with Crippen LogP contribution >= 0.6 is 0 Å². The number of hydrogen-bond donors (Lipinski definition) is 1. The Balaban J connectivity index is 1.46. The number of benzene rings is 3. The van der Waals surface area contributed by atoms with Crippen molar-refractivity contribution in [2.24, 2.45) is 0 Å². The number of para-hydroxylation sites is 2. The van der Waals surface area contributed by atoms with Crippen molar-refractivity contribution < 1.29 is 13.9 Å². The third-order valence-electron chi connectivity index (χ3n) is 3.74. The molecule has 1 amide bonds. The number of hydrogen-bond acceptors (Lipinski definition) is 3. The Labute approximate surface area is 144 Å². The van der Waals surface area contributed by atoms with E-state index < -0.39 is 0 Å². The van der Waals surface area contributed by atoms with Crippen molar-refractivity contribution in [2.75, 3.05) is 5.32 Å². The van der Waals surface area contributed by atoms with Crippen LogP contribution < -0.4 is 10.1 Å². The van der Waals surface area contributed by atoms with E-state index in [0.29, 0.717) is 17.0 Å². The maximum atomic E-state index is 12.3. The van der Waals surface area contributed by atoms with E-state index >= 15 is 0 Å². The molecule has 0 radical (unpaired) electrons. The molecular weight excluding hydrogens is 314 g/mol. The average Bonchev–Trinajstić information content (AvgIpc) is 3.09. The first-order valence-corrected chi connectivity index (χ1v) is 7.91. The minimum absolute atomic E-state index is 0.283. The minimum atomic E-state index is -0.284. The van der Waals surface area contributed by atoms with Gasteiger partial charge in [-0.3, -0.25) is 4.79 Å². The molecule has 0 aliphatic heterocycles. The van der Waals surface area contributed by atoms with Crippen molar-refractivity contribution in [3.05, 3.63) is 90.7 Å². The summed E-state index contributed by atoms with van der Waals surface area (Å²) in [5.74, 6) is 1.47. The largest absolute Gasteiger partial charge is 0.457 e. The molecule has 1 heterocycles. The van der Waals surface area contributed by atoms with Gasteiger partial charge in [-0.1, -0.05) is 36.4 Å². The molecule has 0 aliphatic rings. The van der Waals surface area contributed by atoms with E-state index in [0.717, 1.165) is 11.1 Å². The van der Waals surface area contributed by atoms with Crippen molar-refractivity contribution >= 4 is 22.6 Å². The molecule has 0 fully saturated rings. The van der Waals surface area contributed by atoms with Crippen molar-refractivity contribution in [1.29, 1.82) is 0 Å². The predicted molar refractivity (Wildman–Crippen MR) is 97.1 cm³/mol. The summed E-state index contributed by atoms with van der Waals surface area (Å²) in [6.45, 7) is 0. The lowest BCUT2D eigenvalue weighted by Crippen LogP contribution is -2.10. The van der Waals surface area contributed by atoms with E-state index in [1.807, 2.05) is 54.6 Å². The standard InChI is InChI=1S/C21H15NO3/c23-21(20-14-15-6-4-5-9-19(15)25-20)22-16-10-12-18(13-11-16)24-17-7-2-1-3-8-17/h1-14H,(H,22,23). The number of rotatable bonds is 4. The second-order valence-electron chi connectivity index (χ2n) is 5.54. The fourth-order valence-corrected chi connectivity index (χ4v) is 2.52. The van der Waals surface area contributed by atoms with E-state index in [-0.39, 0.29) is 11.7 Å². The first kappa shape index (κ1) is 15.0. The van der Waals surface area contributed by atoms with Crippen LogP contribution in [0.25, 0.3) is 11.0 Å². The molecule has 0 aliphatic carbocycles. The molecule has 0 unspecified atom stereocenters. The number of carbonyl (C=O) groups excluding carboxylic acids is 1. The van der Waals surface area contributed by atoms with Gasteiger partial charge in [0, 0.05) is 11.1 Å². The summed E-state index contributed by atoms with van der Waals surface area (Å²) in [4.78, 5) is 12.3. The summed E-state index contributed by atoms with van der Waals surface area (Å²) in [6, 6.07) is 26.0. The Bertz CT molecular complexity index is 971. The molecule has 4 aromatic rings. The second-order valence-corrected chi connectivity index (χ2v) is 5.54. The quantitative estimate of drug-likeness (QED) is 0.539. The number of ether oxygens (including phenoxy) is 1. The highest BCUT2D eigenvalue weighted by molar-refractivity contribution is 6.04. The third-order valence-corrected chi connectivity index (χ3v) is 3.74. The number of carbonyl (C=O) groups is 1. The van der Waals surface area contributed by atoms with E-state index in [1.165, 1.54) is 0 Å². The molecule has 1 aromatic heterocycles. The molecule has 0 saturated carbocycles. The normalized spacial score (nSPS) is 10.6. The first-order valence-electron chi connectivity index (χ1n) is 7.91. The van der Waals surface area contributed by atoms with Gasteiger partial charge in [0.2, 0.25) is 0 Å². The molecule has 122 valence electrons. The summed E-state index contributed by atoms with van der Waals surface area (Å²) in [5, 5.41) is 3.72. The number of nitrogens with one attached hydrogen (secondary N) is 1. The van der Waals surface area contributed by atoms with Gasteiger partial charge in [-0.15, -0.1) is 0 Å². The Morgan fingerprint density at radius 2 is 1.48 bits per heavy atom. The lowest BCUT2D eigenvalue weighted by atomic mass is 10.2. The highest BCUT2D eigenvalue weighted by Gasteiger charge is 2.12. The smallest absolute Gasteiger partial charge is 0.291 e. The molecule has 1 N–H and O–H groups in total. The van der Waals surface area contributed by atoms with Crippen LogP contribution in [0.3, 0.4) is 0 Å². The number of furan rings is 1. The molecule has 4 nitrogen and oxygen atoms in total. The Kier molecular flexibility index (Phi) is 3.92. The van der Waals surface area contributed by atoms with Crippen molar-refractivity contribution in [3.63, 3.8) is 0 Å². The molecule has 4 heteroatoms. The van der Waals surface area contributed by atoms with Crippen molar-refractivity contribution in [2.45, 2.75) is 0 Å². The van der Waals surface area contributed by atoms with Crippen LogP contribution in [-0.4, -0.2) is 5.91 Å². The summed E-state index contributed by atoms with van der Waals surface area (Å²) >= 11 is 0. The number of anilines is 1. The van der Waals surface area contributed by atoms with E-state index in [4.69, 9.17) is 9.15 Å². The molecule has 0 spiro atoms. The van der Waals surface area contributed by atoms with Crippen LogP contribution in [-0.2, 0) is 0 Å². The first-order chi connectivity index (χ1) is 12.3. The Morgan fingerprint density at radius 3 is 2.24 bits per heavy atom. The number of amides is 1. The van der Waals surface area contributed by atoms with Crippen molar-refractivity contribution in [3.8, 4) is 11.5 Å². The highest BCUT2D eigenvalue weighted by atomic mass is 16.5. The zero-order valence-electron chi connectivity index (χ0n) is 13.3. The van der Waals surface area contributed by atoms with Gasteiger partial charge in [0.15, 0.2) is 5.76 Å². The van der Waals surface area contributed by atoms with Crippen LogP contribution in [0.5, 0.6) is 11.5 Å². The molecule has 4 rings (SSSR count). The zero-order chi connectivity index (χ0) is 17.1. The van der Waals surface area contributed by atoms with Gasteiger partial charge in [0.05, 0.1) is 0 Å². The summed E-state index contributed by atoms with van der Waals surface area (Å²) in [5.41, 5.74) is 1.37. The Hall–Kier alpha value is -3.53. The average molecular weight is 329 g/mol. The van der Waals surface area contributed by atoms with Gasteiger partial charge in [0.25, 0.3) is 5.91 Å². The summed E-state index contributed by atoms with van der Waals surface area (Å²) in [7, 11) is 0. The highest BCUT2D eigenvalue weighted by Crippen LogP contribution is 2.24. The van der Waals surface area contributed by atoms with Gasteiger partial charge >= 0.3 is 0 Å². The van der Waals surface area contributed by atoms with Crippen LogP contribution in [0.1, 0.15) is 10.6 Å². The van der Waals surface area contributed by atoms with E-state index in [1.54, 1.807) is 30.3 Å². The van der Waals surface area contributed by atoms with Gasteiger partial charge in [-0.05, 0) is 48.5 Å². The molecule has 25 heavy (non-hydrogen) atoms. The SMILES string of the molecule is O=C(Nc1ccc(Oc2ccccc2)cc1)c1cc2ccccc2o1. The maximum Gasteiger partial charge on any atom is 0.291 e.